The van der Waals surface area contributed by atoms with Crippen LogP contribution in [0.2, 0.25) is 0 Å². The molecular weight excluding hydrogens is 380 g/mol. The number of carbonyl (C=O) groups is 1. The van der Waals surface area contributed by atoms with Crippen molar-refractivity contribution in [2.45, 2.75) is 77.1 Å². The van der Waals surface area contributed by atoms with E-state index in [4.69, 9.17) is 9.84 Å². The van der Waals surface area contributed by atoms with Crippen LogP contribution < -0.4 is 4.74 Å². The van der Waals surface area contributed by atoms with Crippen LogP contribution in [0.5, 0.6) is 5.75 Å². The first-order valence-electron chi connectivity index (χ1n) is 10.8. The SMILES string of the molecule is CC#CC[C@H](C)[C@H](O)/C=C(\C)[C@@H]1[C@H]2c3cccc(CCCC(=O)O)c3O[C@H]2C[C@H]1O. The van der Waals surface area contributed by atoms with Gasteiger partial charge >= 0.3 is 5.97 Å². The molecule has 1 heterocycles. The standard InChI is InChI=1S/C25H32O5/c1-4-5-8-15(2)19(26)13-16(3)23-20(27)14-21-24(23)18-11-6-9-17(25(18)30-21)10-7-12-22(28)29/h6,9,11,13,15,19-21,23-24,26-27H,7-8,10,12,14H2,1-3H3,(H,28,29)/b16-13+/t15-,19+,20+,21-,23-,24-/m0/s1. The quantitative estimate of drug-likeness (QED) is 0.448. The average Bonchev–Trinajstić information content (AvgIpc) is 3.20. The molecule has 1 aromatic rings. The lowest BCUT2D eigenvalue weighted by Gasteiger charge is -2.24. The molecule has 30 heavy (non-hydrogen) atoms. The molecule has 1 fully saturated rings. The lowest BCUT2D eigenvalue weighted by atomic mass is 9.81. The van der Waals surface area contributed by atoms with Crippen molar-refractivity contribution in [3.8, 4) is 17.6 Å². The van der Waals surface area contributed by atoms with Crippen LogP contribution in [-0.2, 0) is 11.2 Å². The van der Waals surface area contributed by atoms with Gasteiger partial charge in [0.05, 0.1) is 12.2 Å². The Morgan fingerprint density at radius 1 is 1.40 bits per heavy atom. The van der Waals surface area contributed by atoms with Gasteiger partial charge in [-0.3, -0.25) is 4.79 Å². The van der Waals surface area contributed by atoms with Gasteiger partial charge in [0.25, 0.3) is 0 Å². The second-order valence-electron chi connectivity index (χ2n) is 8.60. The zero-order valence-electron chi connectivity index (χ0n) is 18.0. The maximum Gasteiger partial charge on any atom is 0.303 e. The molecule has 162 valence electrons. The van der Waals surface area contributed by atoms with E-state index in [1.807, 2.05) is 32.1 Å². The molecule has 0 aromatic heterocycles. The number of para-hydroxylation sites is 1. The minimum atomic E-state index is -0.790. The van der Waals surface area contributed by atoms with Crippen molar-refractivity contribution < 1.29 is 24.9 Å². The number of benzene rings is 1. The van der Waals surface area contributed by atoms with Gasteiger partial charge < -0.3 is 20.1 Å². The lowest BCUT2D eigenvalue weighted by molar-refractivity contribution is -0.137. The monoisotopic (exact) mass is 412 g/mol. The molecule has 0 bridgehead atoms. The normalized spacial score (nSPS) is 26.8. The van der Waals surface area contributed by atoms with E-state index in [1.165, 1.54) is 0 Å². The van der Waals surface area contributed by atoms with Gasteiger partial charge in [0.15, 0.2) is 0 Å². The molecule has 2 aliphatic rings. The first-order valence-corrected chi connectivity index (χ1v) is 10.8. The van der Waals surface area contributed by atoms with Gasteiger partial charge in [-0.25, -0.2) is 0 Å². The van der Waals surface area contributed by atoms with Gasteiger partial charge in [-0.15, -0.1) is 11.8 Å². The maximum atomic E-state index is 10.8. The highest BCUT2D eigenvalue weighted by molar-refractivity contribution is 5.66. The molecule has 3 rings (SSSR count). The Morgan fingerprint density at radius 3 is 2.87 bits per heavy atom. The zero-order valence-corrected chi connectivity index (χ0v) is 18.0. The Hall–Kier alpha value is -2.29. The second kappa shape index (κ2) is 9.68. The summed E-state index contributed by atoms with van der Waals surface area (Å²) in [4.78, 5) is 10.8. The van der Waals surface area contributed by atoms with E-state index in [9.17, 15) is 15.0 Å². The van der Waals surface area contributed by atoms with Crippen LogP contribution in [0, 0.1) is 23.7 Å². The topological polar surface area (TPSA) is 87.0 Å². The molecule has 0 saturated heterocycles. The van der Waals surface area contributed by atoms with Gasteiger partial charge in [-0.2, -0.15) is 0 Å². The van der Waals surface area contributed by atoms with Gasteiger partial charge in [-0.1, -0.05) is 36.8 Å². The number of carboxylic acids is 1. The summed E-state index contributed by atoms with van der Waals surface area (Å²) in [7, 11) is 0. The smallest absolute Gasteiger partial charge is 0.303 e. The Labute approximate surface area is 178 Å². The number of hydrogen-bond donors (Lipinski definition) is 3. The number of carboxylic acid groups (broad SMARTS) is 1. The molecule has 0 spiro atoms. The van der Waals surface area contributed by atoms with E-state index >= 15 is 0 Å². The highest BCUT2D eigenvalue weighted by Crippen LogP contribution is 2.53. The van der Waals surface area contributed by atoms with Crippen LogP contribution in [0.1, 0.15) is 63.5 Å². The van der Waals surface area contributed by atoms with E-state index < -0.39 is 18.2 Å². The summed E-state index contributed by atoms with van der Waals surface area (Å²) in [6.07, 6.45) is 3.20. The third-order valence-corrected chi connectivity index (χ3v) is 6.41. The maximum absolute atomic E-state index is 10.8. The van der Waals surface area contributed by atoms with Crippen LogP contribution in [0.4, 0.5) is 0 Å². The van der Waals surface area contributed by atoms with Crippen molar-refractivity contribution in [3.63, 3.8) is 0 Å². The van der Waals surface area contributed by atoms with Crippen molar-refractivity contribution in [2.24, 2.45) is 11.8 Å². The molecule has 0 amide bonds. The van der Waals surface area contributed by atoms with Gasteiger partial charge in [0.2, 0.25) is 0 Å². The number of fused-ring (bicyclic) bond motifs is 3. The molecule has 5 heteroatoms. The number of aryl methyl sites for hydroxylation is 1. The van der Waals surface area contributed by atoms with Crippen LogP contribution in [0.3, 0.4) is 0 Å². The van der Waals surface area contributed by atoms with Gasteiger partial charge in [0.1, 0.15) is 11.9 Å². The van der Waals surface area contributed by atoms with Gasteiger partial charge in [-0.05, 0) is 38.2 Å². The summed E-state index contributed by atoms with van der Waals surface area (Å²) in [5, 5.41) is 30.3. The predicted molar refractivity (Wildman–Crippen MR) is 115 cm³/mol. The number of hydrogen-bond acceptors (Lipinski definition) is 4. The highest BCUT2D eigenvalue weighted by atomic mass is 16.5. The molecule has 5 nitrogen and oxygen atoms in total. The van der Waals surface area contributed by atoms with Crippen LogP contribution >= 0.6 is 0 Å². The summed E-state index contributed by atoms with van der Waals surface area (Å²) in [6.45, 7) is 5.75. The molecular formula is C25H32O5. The zero-order chi connectivity index (χ0) is 21.8. The van der Waals surface area contributed by atoms with E-state index in [-0.39, 0.29) is 30.3 Å². The first kappa shape index (κ1) is 22.4. The van der Waals surface area contributed by atoms with Crippen molar-refractivity contribution >= 4 is 5.97 Å². The Bertz CT molecular complexity index is 862. The molecule has 0 unspecified atom stereocenters. The summed E-state index contributed by atoms with van der Waals surface area (Å²) >= 11 is 0. The minimum Gasteiger partial charge on any atom is -0.489 e. The van der Waals surface area contributed by atoms with Crippen LogP contribution in [0.25, 0.3) is 0 Å². The van der Waals surface area contributed by atoms with Crippen LogP contribution in [-0.4, -0.2) is 39.6 Å². The van der Waals surface area contributed by atoms with Crippen molar-refractivity contribution in [1.29, 1.82) is 0 Å². The second-order valence-corrected chi connectivity index (χ2v) is 8.60. The average molecular weight is 413 g/mol. The number of aliphatic hydroxyl groups excluding tert-OH is 2. The van der Waals surface area contributed by atoms with Gasteiger partial charge in [0, 0.05) is 36.7 Å². The fraction of sp³-hybridized carbons (Fsp3) is 0.560. The van der Waals surface area contributed by atoms with Crippen molar-refractivity contribution in [1.82, 2.24) is 0 Å². The fourth-order valence-electron chi connectivity index (χ4n) is 4.82. The fourth-order valence-corrected chi connectivity index (χ4v) is 4.82. The third kappa shape index (κ3) is 4.71. The van der Waals surface area contributed by atoms with E-state index in [1.54, 1.807) is 6.92 Å². The Morgan fingerprint density at radius 2 is 2.17 bits per heavy atom. The van der Waals surface area contributed by atoms with E-state index in [0.29, 0.717) is 25.7 Å². The highest BCUT2D eigenvalue weighted by Gasteiger charge is 2.50. The Kier molecular flexibility index (Phi) is 7.23. The molecule has 1 aliphatic carbocycles. The number of ether oxygens (including phenoxy) is 1. The van der Waals surface area contributed by atoms with Crippen molar-refractivity contribution in [2.75, 3.05) is 0 Å². The molecule has 1 aliphatic heterocycles. The third-order valence-electron chi connectivity index (χ3n) is 6.41. The van der Waals surface area contributed by atoms with E-state index in [2.05, 4.69) is 17.9 Å². The molecule has 0 radical (unpaired) electrons. The lowest BCUT2D eigenvalue weighted by Crippen LogP contribution is -2.22. The number of rotatable bonds is 8. The molecule has 6 atom stereocenters. The minimum absolute atomic E-state index is 0.0229. The van der Waals surface area contributed by atoms with E-state index in [0.717, 1.165) is 22.4 Å². The first-order chi connectivity index (χ1) is 14.3. The number of aliphatic carboxylic acids is 1. The summed E-state index contributed by atoms with van der Waals surface area (Å²) < 4.78 is 6.26. The molecule has 1 saturated carbocycles. The van der Waals surface area contributed by atoms with Crippen molar-refractivity contribution in [3.05, 3.63) is 41.0 Å². The summed E-state index contributed by atoms with van der Waals surface area (Å²) in [6, 6.07) is 6.03. The summed E-state index contributed by atoms with van der Waals surface area (Å²) in [5.74, 6) is 5.91. The molecule has 3 N–H and O–H groups in total. The largest absolute Gasteiger partial charge is 0.489 e. The predicted octanol–water partition coefficient (Wildman–Crippen LogP) is 3.68. The molecule has 1 aromatic carbocycles. The summed E-state index contributed by atoms with van der Waals surface area (Å²) in [5.41, 5.74) is 3.10. The Balaban J connectivity index is 1.81. The van der Waals surface area contributed by atoms with Crippen LogP contribution in [0.15, 0.2) is 29.8 Å². The number of aliphatic hydroxyl groups is 2.